The van der Waals surface area contributed by atoms with E-state index in [9.17, 15) is 5.26 Å². The van der Waals surface area contributed by atoms with Gasteiger partial charge in [0.05, 0.1) is 25.4 Å². The van der Waals surface area contributed by atoms with Gasteiger partial charge in [0.1, 0.15) is 17.3 Å². The summed E-state index contributed by atoms with van der Waals surface area (Å²) < 4.78 is 12.8. The van der Waals surface area contributed by atoms with Crippen LogP contribution in [0.3, 0.4) is 0 Å². The summed E-state index contributed by atoms with van der Waals surface area (Å²) in [6, 6.07) is 42.4. The number of anilines is 4. The summed E-state index contributed by atoms with van der Waals surface area (Å²) in [6.07, 6.45) is 13.7. The lowest BCUT2D eigenvalue weighted by atomic mass is 9.68. The molecule has 0 atom stereocenters. The third-order valence-electron chi connectivity index (χ3n) is 12.6. The lowest BCUT2D eigenvalue weighted by Gasteiger charge is -2.48. The average Bonchev–Trinajstić information content (AvgIpc) is 3.28. The number of ether oxygens (including phenoxy) is 2. The molecule has 300 valence electrons. The average molecular weight is 797 g/mol. The van der Waals surface area contributed by atoms with Gasteiger partial charge in [-0.05, 0) is 112 Å². The Labute approximate surface area is 359 Å². The van der Waals surface area contributed by atoms with Gasteiger partial charge < -0.3 is 19.3 Å². The number of hydrogen-bond acceptors (Lipinski definition) is 5. The van der Waals surface area contributed by atoms with E-state index in [0.717, 1.165) is 81.4 Å². The highest BCUT2D eigenvalue weighted by molar-refractivity contribution is 6.18. The van der Waals surface area contributed by atoms with Gasteiger partial charge in [-0.2, -0.15) is 0 Å². The van der Waals surface area contributed by atoms with Crippen LogP contribution < -0.4 is 14.5 Å². The van der Waals surface area contributed by atoms with Gasteiger partial charge in [-0.3, -0.25) is 0 Å². The van der Waals surface area contributed by atoms with Gasteiger partial charge in [0, 0.05) is 52.1 Å². The monoisotopic (exact) mass is 796 g/mol. The number of benzene rings is 6. The van der Waals surface area contributed by atoms with Crippen molar-refractivity contribution < 1.29 is 9.47 Å². The SMILES string of the molecule is [C-]#[N+]C(C#N)=C1C=C(C=Cc2cc3c4c(c2OC)C(C)(C)CCN4CCC3(C)C)OC(C=Cc2c3ccccc3c(N(c3ccccc3)c3ccccc3)c3ccccc23)=C1. The topological polar surface area (TPSA) is 53.1 Å². The zero-order valence-corrected chi connectivity index (χ0v) is 35.4. The fraction of sp³-hybridized carbons (Fsp3) is 0.200. The van der Waals surface area contributed by atoms with Crippen molar-refractivity contribution in [2.45, 2.75) is 51.4 Å². The second-order valence-electron chi connectivity index (χ2n) is 17.3. The Morgan fingerprint density at radius 3 is 1.80 bits per heavy atom. The van der Waals surface area contributed by atoms with Crippen molar-refractivity contribution in [1.82, 2.24) is 0 Å². The smallest absolute Gasteiger partial charge is 0.269 e. The fourth-order valence-electron chi connectivity index (χ4n) is 9.37. The molecule has 0 saturated carbocycles. The molecule has 6 aromatic rings. The summed E-state index contributed by atoms with van der Waals surface area (Å²) in [5, 5.41) is 14.4. The van der Waals surface area contributed by atoms with Crippen LogP contribution in [0.2, 0.25) is 0 Å². The molecule has 3 aliphatic rings. The van der Waals surface area contributed by atoms with E-state index in [1.807, 2.05) is 24.3 Å². The van der Waals surface area contributed by atoms with Crippen molar-refractivity contribution in [3.8, 4) is 11.8 Å². The first-order valence-electron chi connectivity index (χ1n) is 21.0. The second kappa shape index (κ2) is 15.7. The third kappa shape index (κ3) is 7.05. The van der Waals surface area contributed by atoms with E-state index in [0.29, 0.717) is 17.1 Å². The first-order valence-corrected chi connectivity index (χ1v) is 21.0. The quantitative estimate of drug-likeness (QED) is 0.0872. The molecular formula is C55H48N4O2. The van der Waals surface area contributed by atoms with Crippen LogP contribution >= 0.6 is 0 Å². The fourth-order valence-corrected chi connectivity index (χ4v) is 9.37. The normalized spacial score (nSPS) is 17.3. The van der Waals surface area contributed by atoms with E-state index in [1.54, 1.807) is 19.3 Å². The van der Waals surface area contributed by atoms with Crippen molar-refractivity contribution in [3.63, 3.8) is 0 Å². The molecule has 3 heterocycles. The van der Waals surface area contributed by atoms with Gasteiger partial charge in [0.2, 0.25) is 0 Å². The highest BCUT2D eigenvalue weighted by atomic mass is 16.5. The van der Waals surface area contributed by atoms with Crippen LogP contribution in [0.15, 0.2) is 162 Å². The highest BCUT2D eigenvalue weighted by Gasteiger charge is 2.42. The number of para-hydroxylation sites is 2. The van der Waals surface area contributed by atoms with Gasteiger partial charge in [0.25, 0.3) is 5.70 Å². The molecule has 0 amide bonds. The van der Waals surface area contributed by atoms with E-state index >= 15 is 0 Å². The number of hydrogen-bond donors (Lipinski definition) is 0. The van der Waals surface area contributed by atoms with E-state index in [1.165, 1.54) is 16.8 Å². The van der Waals surface area contributed by atoms with E-state index in [-0.39, 0.29) is 16.5 Å². The van der Waals surface area contributed by atoms with Crippen LogP contribution in [0.25, 0.3) is 38.5 Å². The Bertz CT molecular complexity index is 2840. The van der Waals surface area contributed by atoms with Crippen LogP contribution in [-0.2, 0) is 15.6 Å². The number of fused-ring (bicyclic) bond motifs is 2. The van der Waals surface area contributed by atoms with Crippen LogP contribution in [0.1, 0.15) is 62.8 Å². The first-order chi connectivity index (χ1) is 29.6. The number of rotatable bonds is 8. The molecule has 0 spiro atoms. The minimum absolute atomic E-state index is 0.00153. The molecule has 0 aromatic heterocycles. The number of nitrogens with zero attached hydrogens (tertiary/aromatic N) is 4. The van der Waals surface area contributed by atoms with Crippen molar-refractivity contribution in [2.75, 3.05) is 30.0 Å². The van der Waals surface area contributed by atoms with Crippen molar-refractivity contribution >= 4 is 56.4 Å². The molecule has 61 heavy (non-hydrogen) atoms. The zero-order valence-electron chi connectivity index (χ0n) is 35.4. The summed E-state index contributed by atoms with van der Waals surface area (Å²) in [6.45, 7) is 19.2. The standard InChI is InChI=1S/C55H48N4O2/c1-54(2)29-31-58-32-30-55(3,4)50-52(58)48(54)35-37(53(50)60-6)25-26-41-33-38(49(36-56)57-5)34-42(61-41)27-28-45-43-21-13-15-23-46(43)51(47-24-16-14-22-44(45)47)59(39-17-9-7-10-18-39)40-19-11-8-12-20-40/h7-28,33-35H,29-32H2,1-4,6H3. The largest absolute Gasteiger partial charge is 0.496 e. The molecule has 0 saturated heterocycles. The van der Waals surface area contributed by atoms with Crippen molar-refractivity contribution in [2.24, 2.45) is 0 Å². The third-order valence-corrected chi connectivity index (χ3v) is 12.6. The van der Waals surface area contributed by atoms with Crippen LogP contribution in [-0.4, -0.2) is 20.2 Å². The number of nitriles is 1. The molecule has 0 aliphatic carbocycles. The van der Waals surface area contributed by atoms with Crippen molar-refractivity contribution in [3.05, 3.63) is 196 Å². The molecule has 0 bridgehead atoms. The minimum atomic E-state index is -0.0638. The van der Waals surface area contributed by atoms with Gasteiger partial charge in [-0.15, -0.1) is 0 Å². The Balaban J connectivity index is 1.15. The molecule has 0 fully saturated rings. The molecule has 6 heteroatoms. The zero-order chi connectivity index (χ0) is 42.3. The Morgan fingerprint density at radius 2 is 1.26 bits per heavy atom. The Kier molecular flexibility index (Phi) is 10.1. The minimum Gasteiger partial charge on any atom is -0.496 e. The summed E-state index contributed by atoms with van der Waals surface area (Å²) in [7, 11) is 1.76. The van der Waals surface area contributed by atoms with E-state index in [4.69, 9.17) is 16.0 Å². The Morgan fingerprint density at radius 1 is 0.738 bits per heavy atom. The van der Waals surface area contributed by atoms with E-state index < -0.39 is 0 Å². The molecule has 0 N–H and O–H groups in total. The van der Waals surface area contributed by atoms with E-state index in [2.05, 4.69) is 164 Å². The predicted octanol–water partition coefficient (Wildman–Crippen LogP) is 13.9. The van der Waals surface area contributed by atoms with Crippen LogP contribution in [0, 0.1) is 17.9 Å². The molecule has 3 aliphatic heterocycles. The summed E-state index contributed by atoms with van der Waals surface area (Å²) >= 11 is 0. The van der Waals surface area contributed by atoms with Crippen LogP contribution in [0.4, 0.5) is 22.7 Å². The number of methoxy groups -OCH3 is 1. The van der Waals surface area contributed by atoms with Gasteiger partial charge in [-0.25, -0.2) is 10.1 Å². The Hall–Kier alpha value is -7.28. The molecule has 9 rings (SSSR count). The summed E-state index contributed by atoms with van der Waals surface area (Å²) in [5.74, 6) is 1.92. The maximum atomic E-state index is 10.0. The molecule has 6 aromatic carbocycles. The second-order valence-corrected chi connectivity index (χ2v) is 17.3. The maximum Gasteiger partial charge on any atom is 0.269 e. The van der Waals surface area contributed by atoms with Gasteiger partial charge >= 0.3 is 0 Å². The maximum absolute atomic E-state index is 10.0. The van der Waals surface area contributed by atoms with Crippen molar-refractivity contribution in [1.29, 1.82) is 5.26 Å². The van der Waals surface area contributed by atoms with Crippen LogP contribution in [0.5, 0.6) is 5.75 Å². The summed E-state index contributed by atoms with van der Waals surface area (Å²) in [4.78, 5) is 8.46. The summed E-state index contributed by atoms with van der Waals surface area (Å²) in [5.41, 5.74) is 9.60. The first kappa shape index (κ1) is 39.2. The van der Waals surface area contributed by atoms with Gasteiger partial charge in [0.15, 0.2) is 0 Å². The highest BCUT2D eigenvalue weighted by Crippen LogP contribution is 2.54. The molecule has 6 nitrogen and oxygen atoms in total. The predicted molar refractivity (Wildman–Crippen MR) is 251 cm³/mol. The molecule has 0 radical (unpaired) electrons. The number of allylic oxidation sites excluding steroid dienone is 6. The lowest BCUT2D eigenvalue weighted by molar-refractivity contribution is 0.332. The molecular weight excluding hydrogens is 749 g/mol. The van der Waals surface area contributed by atoms with Gasteiger partial charge in [-0.1, -0.05) is 119 Å². The molecule has 0 unspecified atom stereocenters. The lowest BCUT2D eigenvalue weighted by Crippen LogP contribution is -2.45.